The zero-order valence-corrected chi connectivity index (χ0v) is 13.8. The van der Waals surface area contributed by atoms with E-state index in [0.29, 0.717) is 10.9 Å². The van der Waals surface area contributed by atoms with Crippen LogP contribution < -0.4 is 16.1 Å². The molecule has 2 heterocycles. The molecule has 0 unspecified atom stereocenters. The molecule has 6 nitrogen and oxygen atoms in total. The Balaban J connectivity index is 2.06. The number of hydrogen-bond acceptors (Lipinski definition) is 6. The first-order chi connectivity index (χ1) is 11.2. The summed E-state index contributed by atoms with van der Waals surface area (Å²) in [6, 6.07) is 3.99. The van der Waals surface area contributed by atoms with Gasteiger partial charge in [-0.15, -0.1) is 0 Å². The molecule has 0 aliphatic heterocycles. The Morgan fingerprint density at radius 3 is 2.78 bits per heavy atom. The number of nitrogens with zero attached hydrogens (tertiary/aromatic N) is 3. The minimum Gasteiger partial charge on any atom is -0.496 e. The summed E-state index contributed by atoms with van der Waals surface area (Å²) in [5.74, 6) is 1.59. The van der Waals surface area contributed by atoms with Gasteiger partial charge >= 0.3 is 0 Å². The topological polar surface area (TPSA) is 89.3 Å². The number of ether oxygens (including phenoxy) is 1. The summed E-state index contributed by atoms with van der Waals surface area (Å²) in [4.78, 5) is 8.99. The van der Waals surface area contributed by atoms with Crippen molar-refractivity contribution in [1.29, 1.82) is 5.41 Å². The average molecular weight is 329 g/mol. The molecular formula is C16H19N5OS. The molecule has 1 fully saturated rings. The van der Waals surface area contributed by atoms with Crippen molar-refractivity contribution in [2.75, 3.05) is 12.8 Å². The van der Waals surface area contributed by atoms with Gasteiger partial charge in [-0.3, -0.25) is 9.81 Å². The predicted octanol–water partition coefficient (Wildman–Crippen LogP) is 3.06. The van der Waals surface area contributed by atoms with Crippen molar-refractivity contribution in [3.05, 3.63) is 23.3 Å². The summed E-state index contributed by atoms with van der Waals surface area (Å²) in [5.41, 5.74) is 8.06. The standard InChI is InChI=1S/C16H19N5OS/c1-22-11-8-7-10-13(12(11)9-5-3-2-4-6-9)23-16-20-14(17)19-15(18)21(10)16/h7-9H,2-6H2,1H3,(H3,17,18,19). The van der Waals surface area contributed by atoms with Gasteiger partial charge in [0.25, 0.3) is 0 Å². The molecule has 1 aromatic carbocycles. The van der Waals surface area contributed by atoms with Gasteiger partial charge in [0.1, 0.15) is 5.75 Å². The van der Waals surface area contributed by atoms with Crippen molar-refractivity contribution in [1.82, 2.24) is 14.4 Å². The van der Waals surface area contributed by atoms with Crippen molar-refractivity contribution in [2.45, 2.75) is 38.0 Å². The second-order valence-electron chi connectivity index (χ2n) is 5.99. The molecule has 3 N–H and O–H groups in total. The van der Waals surface area contributed by atoms with E-state index in [4.69, 9.17) is 15.9 Å². The van der Waals surface area contributed by atoms with Crippen LogP contribution in [0.25, 0.3) is 15.2 Å². The van der Waals surface area contributed by atoms with Crippen molar-refractivity contribution in [3.8, 4) is 5.75 Å². The maximum Gasteiger partial charge on any atom is 0.232 e. The smallest absolute Gasteiger partial charge is 0.232 e. The predicted molar refractivity (Wildman–Crippen MR) is 91.0 cm³/mol. The lowest BCUT2D eigenvalue weighted by Gasteiger charge is -2.24. The summed E-state index contributed by atoms with van der Waals surface area (Å²) >= 11 is 1.57. The molecule has 1 aliphatic carbocycles. The molecule has 120 valence electrons. The third kappa shape index (κ3) is 2.26. The molecular weight excluding hydrogens is 310 g/mol. The van der Waals surface area contributed by atoms with Crippen molar-refractivity contribution >= 4 is 32.5 Å². The van der Waals surface area contributed by atoms with Crippen LogP contribution in [0.2, 0.25) is 0 Å². The number of nitrogen functional groups attached to an aromatic ring is 1. The van der Waals surface area contributed by atoms with Crippen LogP contribution in [-0.4, -0.2) is 21.5 Å². The highest BCUT2D eigenvalue weighted by Gasteiger charge is 2.24. The SMILES string of the molecule is COc1ccc2c(sc3nc(N)nc(=N)n32)c1C1CCCCC1. The Hall–Kier alpha value is -2.15. The number of thiazole rings is 1. The molecule has 0 bridgehead atoms. The van der Waals surface area contributed by atoms with Crippen LogP contribution in [-0.2, 0) is 0 Å². The zero-order chi connectivity index (χ0) is 16.0. The number of rotatable bonds is 2. The van der Waals surface area contributed by atoms with Crippen LogP contribution in [0.15, 0.2) is 12.1 Å². The molecule has 0 atom stereocenters. The number of nitrogens with two attached hydrogens (primary N) is 1. The monoisotopic (exact) mass is 329 g/mol. The van der Waals surface area contributed by atoms with Crippen molar-refractivity contribution < 1.29 is 4.74 Å². The second-order valence-corrected chi connectivity index (χ2v) is 6.97. The Morgan fingerprint density at radius 2 is 2.04 bits per heavy atom. The van der Waals surface area contributed by atoms with Crippen LogP contribution in [0.1, 0.15) is 43.6 Å². The Labute approximate surface area is 137 Å². The molecule has 3 aromatic rings. The summed E-state index contributed by atoms with van der Waals surface area (Å²) < 4.78 is 8.56. The molecule has 1 aliphatic rings. The summed E-state index contributed by atoms with van der Waals surface area (Å²) in [6.07, 6.45) is 6.22. The third-order valence-corrected chi connectivity index (χ3v) is 5.73. The number of aromatic nitrogens is 3. The van der Waals surface area contributed by atoms with Gasteiger partial charge < -0.3 is 10.5 Å². The van der Waals surface area contributed by atoms with Gasteiger partial charge in [0.05, 0.1) is 17.3 Å². The first-order valence-corrected chi connectivity index (χ1v) is 8.71. The first-order valence-electron chi connectivity index (χ1n) is 7.89. The fraction of sp³-hybridized carbons (Fsp3) is 0.438. The van der Waals surface area contributed by atoms with Gasteiger partial charge in [-0.1, -0.05) is 30.6 Å². The molecule has 2 aromatic heterocycles. The van der Waals surface area contributed by atoms with Gasteiger partial charge in [0.15, 0.2) is 0 Å². The van der Waals surface area contributed by atoms with E-state index in [1.807, 2.05) is 12.1 Å². The lowest BCUT2D eigenvalue weighted by Crippen LogP contribution is -2.19. The maximum atomic E-state index is 8.12. The van der Waals surface area contributed by atoms with Crippen LogP contribution in [0.3, 0.4) is 0 Å². The van der Waals surface area contributed by atoms with Gasteiger partial charge in [0, 0.05) is 5.56 Å². The van der Waals surface area contributed by atoms with Crippen molar-refractivity contribution in [2.24, 2.45) is 0 Å². The number of methoxy groups -OCH3 is 1. The number of nitrogens with one attached hydrogen (secondary N) is 1. The molecule has 1 saturated carbocycles. The van der Waals surface area contributed by atoms with E-state index in [-0.39, 0.29) is 11.6 Å². The highest BCUT2D eigenvalue weighted by Crippen LogP contribution is 2.43. The van der Waals surface area contributed by atoms with E-state index < -0.39 is 0 Å². The fourth-order valence-corrected chi connectivity index (χ4v) is 4.85. The van der Waals surface area contributed by atoms with Crippen LogP contribution in [0, 0.1) is 5.41 Å². The largest absolute Gasteiger partial charge is 0.496 e. The highest BCUT2D eigenvalue weighted by atomic mass is 32.1. The molecule has 7 heteroatoms. The third-order valence-electron chi connectivity index (χ3n) is 4.64. The summed E-state index contributed by atoms with van der Waals surface area (Å²) in [5, 5.41) is 8.12. The Kier molecular flexibility index (Phi) is 3.45. The summed E-state index contributed by atoms with van der Waals surface area (Å²) in [6.45, 7) is 0. The van der Waals surface area contributed by atoms with Gasteiger partial charge in [0.2, 0.25) is 16.5 Å². The van der Waals surface area contributed by atoms with E-state index in [0.717, 1.165) is 16.0 Å². The molecule has 0 saturated heterocycles. The molecule has 23 heavy (non-hydrogen) atoms. The second kappa shape index (κ2) is 5.49. The molecule has 0 spiro atoms. The van der Waals surface area contributed by atoms with Crippen molar-refractivity contribution in [3.63, 3.8) is 0 Å². The number of fused-ring (bicyclic) bond motifs is 3. The van der Waals surface area contributed by atoms with Crippen LogP contribution in [0.5, 0.6) is 5.75 Å². The average Bonchev–Trinajstić information content (AvgIpc) is 2.92. The van der Waals surface area contributed by atoms with Gasteiger partial charge in [-0.2, -0.15) is 9.97 Å². The van der Waals surface area contributed by atoms with Gasteiger partial charge in [-0.25, -0.2) is 0 Å². The van der Waals surface area contributed by atoms with E-state index in [1.165, 1.54) is 37.7 Å². The maximum absolute atomic E-state index is 8.12. The molecule has 0 amide bonds. The zero-order valence-electron chi connectivity index (χ0n) is 13.0. The molecule has 0 radical (unpaired) electrons. The van der Waals surface area contributed by atoms with Crippen LogP contribution >= 0.6 is 11.3 Å². The Morgan fingerprint density at radius 1 is 1.26 bits per heavy atom. The fourth-order valence-electron chi connectivity index (χ4n) is 3.61. The lowest BCUT2D eigenvalue weighted by molar-refractivity contribution is 0.389. The molecule has 4 rings (SSSR count). The minimum atomic E-state index is 0.124. The van der Waals surface area contributed by atoms with E-state index in [2.05, 4.69) is 9.97 Å². The van der Waals surface area contributed by atoms with E-state index in [1.54, 1.807) is 22.8 Å². The quantitative estimate of drug-likeness (QED) is 0.756. The van der Waals surface area contributed by atoms with Gasteiger partial charge in [-0.05, 0) is 30.9 Å². The first kappa shape index (κ1) is 14.4. The number of benzene rings is 1. The normalized spacial score (nSPS) is 16.2. The minimum absolute atomic E-state index is 0.124. The highest BCUT2D eigenvalue weighted by molar-refractivity contribution is 7.23. The van der Waals surface area contributed by atoms with E-state index in [9.17, 15) is 0 Å². The summed E-state index contributed by atoms with van der Waals surface area (Å²) in [7, 11) is 1.72. The van der Waals surface area contributed by atoms with E-state index >= 15 is 0 Å². The van der Waals surface area contributed by atoms with Crippen LogP contribution in [0.4, 0.5) is 5.95 Å². The number of anilines is 1. The lowest BCUT2D eigenvalue weighted by atomic mass is 9.83. The Bertz CT molecular complexity index is 939. The number of hydrogen-bond donors (Lipinski definition) is 2.